The van der Waals surface area contributed by atoms with Crippen molar-refractivity contribution in [1.29, 1.82) is 0 Å². The molecule has 1 rings (SSSR count). The fourth-order valence-electron chi connectivity index (χ4n) is 1.26. The molecule has 1 aromatic carbocycles. The number of alkyl halides is 1. The monoisotopic (exact) mass is 304 g/mol. The van der Waals surface area contributed by atoms with Gasteiger partial charge in [-0.1, -0.05) is 23.7 Å². The van der Waals surface area contributed by atoms with E-state index in [4.69, 9.17) is 23.2 Å². The van der Waals surface area contributed by atoms with Crippen LogP contribution in [-0.4, -0.2) is 37.6 Å². The molecule has 104 valence electrons. The number of rotatable bonds is 6. The Kier molecular flexibility index (Phi) is 7.07. The van der Waals surface area contributed by atoms with E-state index < -0.39 is 6.09 Å². The molecule has 1 aromatic rings. The van der Waals surface area contributed by atoms with Gasteiger partial charge in [0.15, 0.2) is 0 Å². The molecule has 0 aromatic heterocycles. The van der Waals surface area contributed by atoms with E-state index in [2.05, 4.69) is 15.4 Å². The topological polar surface area (TPSA) is 67.4 Å². The lowest BCUT2D eigenvalue weighted by Crippen LogP contribution is -2.35. The van der Waals surface area contributed by atoms with Crippen molar-refractivity contribution in [1.82, 2.24) is 10.6 Å². The zero-order chi connectivity index (χ0) is 14.1. The largest absolute Gasteiger partial charge is 0.448 e. The summed E-state index contributed by atoms with van der Waals surface area (Å²) in [5, 5.41) is 5.49. The summed E-state index contributed by atoms with van der Waals surface area (Å²) in [5.41, 5.74) is 0.397. The molecule has 0 aliphatic rings. The van der Waals surface area contributed by atoms with Gasteiger partial charge in [0.2, 0.25) is 0 Å². The summed E-state index contributed by atoms with van der Waals surface area (Å²) in [6.07, 6.45) is -0.562. The van der Waals surface area contributed by atoms with E-state index >= 15 is 0 Å². The van der Waals surface area contributed by atoms with Gasteiger partial charge in [0.05, 0.1) is 16.5 Å². The number of halogens is 2. The fraction of sp³-hybridized carbons (Fsp3) is 0.333. The maximum atomic E-state index is 11.7. The number of nitrogens with one attached hydrogen (secondary N) is 2. The molecular weight excluding hydrogens is 291 g/mol. The molecule has 0 saturated heterocycles. The van der Waals surface area contributed by atoms with Crippen molar-refractivity contribution in [3.05, 3.63) is 34.9 Å². The maximum absolute atomic E-state index is 11.7. The molecular formula is C12H14Cl2N2O3. The minimum atomic E-state index is -0.562. The zero-order valence-electron chi connectivity index (χ0n) is 10.1. The highest BCUT2D eigenvalue weighted by atomic mass is 35.5. The fourth-order valence-corrected chi connectivity index (χ4v) is 1.56. The number of ether oxygens (including phenoxy) is 1. The highest BCUT2D eigenvalue weighted by molar-refractivity contribution is 6.33. The van der Waals surface area contributed by atoms with E-state index in [0.717, 1.165) is 0 Å². The van der Waals surface area contributed by atoms with Gasteiger partial charge in [-0.2, -0.15) is 0 Å². The van der Waals surface area contributed by atoms with Crippen molar-refractivity contribution in [3.63, 3.8) is 0 Å². The van der Waals surface area contributed by atoms with Gasteiger partial charge in [-0.15, -0.1) is 11.6 Å². The van der Waals surface area contributed by atoms with Gasteiger partial charge >= 0.3 is 6.09 Å². The minimum absolute atomic E-state index is 0.152. The van der Waals surface area contributed by atoms with E-state index in [1.54, 1.807) is 24.3 Å². The van der Waals surface area contributed by atoms with Gasteiger partial charge in [-0.25, -0.2) is 4.79 Å². The molecule has 2 amide bonds. The molecule has 0 aliphatic heterocycles. The molecule has 7 heteroatoms. The van der Waals surface area contributed by atoms with E-state index in [1.165, 1.54) is 0 Å². The summed E-state index contributed by atoms with van der Waals surface area (Å²) in [5.74, 6) is -0.0436. The third kappa shape index (κ3) is 5.81. The number of alkyl carbamates (subject to hydrolysis) is 1. The summed E-state index contributed by atoms with van der Waals surface area (Å²) in [4.78, 5) is 22.8. The second-order valence-electron chi connectivity index (χ2n) is 3.49. The first-order chi connectivity index (χ1) is 9.15. The van der Waals surface area contributed by atoms with Gasteiger partial charge < -0.3 is 15.4 Å². The number of carbonyl (C=O) groups is 2. The molecule has 0 fully saturated rings. The average Bonchev–Trinajstić information content (AvgIpc) is 2.41. The SMILES string of the molecule is O=C(NCCNC(=O)c1ccccc1Cl)OCCCl. The van der Waals surface area contributed by atoms with Crippen LogP contribution < -0.4 is 10.6 Å². The Morgan fingerprint density at radius 3 is 2.53 bits per heavy atom. The Bertz CT molecular complexity index is 441. The third-order valence-electron chi connectivity index (χ3n) is 2.11. The molecule has 2 N–H and O–H groups in total. The number of hydrogen-bond acceptors (Lipinski definition) is 3. The molecule has 5 nitrogen and oxygen atoms in total. The van der Waals surface area contributed by atoms with E-state index in [9.17, 15) is 9.59 Å². The van der Waals surface area contributed by atoms with Crippen molar-refractivity contribution in [3.8, 4) is 0 Å². The average molecular weight is 305 g/mol. The van der Waals surface area contributed by atoms with Crippen LogP contribution in [0.1, 0.15) is 10.4 Å². The normalized spacial score (nSPS) is 9.79. The molecule has 0 bridgehead atoms. The molecule has 0 radical (unpaired) electrons. The Hall–Kier alpha value is -1.46. The van der Waals surface area contributed by atoms with Crippen LogP contribution in [0.25, 0.3) is 0 Å². The number of hydrogen-bond donors (Lipinski definition) is 2. The minimum Gasteiger partial charge on any atom is -0.448 e. The van der Waals surface area contributed by atoms with Crippen molar-refractivity contribution >= 4 is 35.2 Å². The van der Waals surface area contributed by atoms with Crippen LogP contribution in [0.2, 0.25) is 5.02 Å². The van der Waals surface area contributed by atoms with Crippen molar-refractivity contribution in [2.45, 2.75) is 0 Å². The Balaban J connectivity index is 2.25. The summed E-state index contributed by atoms with van der Waals surface area (Å²) in [7, 11) is 0. The molecule has 19 heavy (non-hydrogen) atoms. The molecule has 0 spiro atoms. The first-order valence-corrected chi connectivity index (χ1v) is 6.55. The lowest BCUT2D eigenvalue weighted by Gasteiger charge is -2.08. The molecule has 0 unspecified atom stereocenters. The summed E-state index contributed by atoms with van der Waals surface area (Å²) >= 11 is 11.2. The predicted octanol–water partition coefficient (Wildman–Crippen LogP) is 2.03. The first kappa shape index (κ1) is 15.6. The summed E-state index contributed by atoms with van der Waals surface area (Å²) in [6, 6.07) is 6.73. The van der Waals surface area contributed by atoms with Crippen LogP contribution in [0.15, 0.2) is 24.3 Å². The van der Waals surface area contributed by atoms with Crippen molar-refractivity contribution in [2.24, 2.45) is 0 Å². The zero-order valence-corrected chi connectivity index (χ0v) is 11.6. The predicted molar refractivity (Wildman–Crippen MR) is 73.9 cm³/mol. The molecule has 0 saturated carbocycles. The van der Waals surface area contributed by atoms with Crippen molar-refractivity contribution < 1.29 is 14.3 Å². The molecule has 0 aliphatic carbocycles. The third-order valence-corrected chi connectivity index (χ3v) is 2.59. The first-order valence-electron chi connectivity index (χ1n) is 5.64. The Labute approximate surface area is 121 Å². The molecule has 0 heterocycles. The van der Waals surface area contributed by atoms with Crippen LogP contribution in [0.4, 0.5) is 4.79 Å². The Morgan fingerprint density at radius 2 is 1.84 bits per heavy atom. The van der Waals surface area contributed by atoms with Crippen LogP contribution in [0.3, 0.4) is 0 Å². The van der Waals surface area contributed by atoms with Crippen molar-refractivity contribution in [2.75, 3.05) is 25.6 Å². The summed E-state index contributed by atoms with van der Waals surface area (Å²) < 4.78 is 4.69. The standard InChI is InChI=1S/C12H14Cl2N2O3/c13-5-8-19-12(18)16-7-6-15-11(17)9-3-1-2-4-10(9)14/h1-4H,5-8H2,(H,15,17)(H,16,18). The van der Waals surface area contributed by atoms with Crippen LogP contribution in [0, 0.1) is 0 Å². The quantitative estimate of drug-likeness (QED) is 0.624. The maximum Gasteiger partial charge on any atom is 0.407 e. The van der Waals surface area contributed by atoms with Crippen LogP contribution in [0.5, 0.6) is 0 Å². The van der Waals surface area contributed by atoms with Gasteiger partial charge in [-0.05, 0) is 12.1 Å². The number of carbonyl (C=O) groups excluding carboxylic acids is 2. The van der Waals surface area contributed by atoms with Gasteiger partial charge in [0.25, 0.3) is 5.91 Å². The number of amides is 2. The number of benzene rings is 1. The van der Waals surface area contributed by atoms with Gasteiger partial charge in [-0.3, -0.25) is 4.79 Å². The van der Waals surface area contributed by atoms with E-state index in [0.29, 0.717) is 10.6 Å². The lowest BCUT2D eigenvalue weighted by atomic mass is 10.2. The van der Waals surface area contributed by atoms with Gasteiger partial charge in [0.1, 0.15) is 6.61 Å². The second kappa shape index (κ2) is 8.61. The second-order valence-corrected chi connectivity index (χ2v) is 4.27. The Morgan fingerprint density at radius 1 is 1.16 bits per heavy atom. The highest BCUT2D eigenvalue weighted by Crippen LogP contribution is 2.14. The smallest absolute Gasteiger partial charge is 0.407 e. The van der Waals surface area contributed by atoms with Crippen LogP contribution >= 0.6 is 23.2 Å². The van der Waals surface area contributed by atoms with E-state index in [-0.39, 0.29) is 31.5 Å². The van der Waals surface area contributed by atoms with E-state index in [1.807, 2.05) is 0 Å². The molecule has 0 atom stereocenters. The lowest BCUT2D eigenvalue weighted by molar-refractivity contribution is 0.0952. The van der Waals surface area contributed by atoms with Crippen LogP contribution in [-0.2, 0) is 4.74 Å². The highest BCUT2D eigenvalue weighted by Gasteiger charge is 2.08. The summed E-state index contributed by atoms with van der Waals surface area (Å²) in [6.45, 7) is 0.691. The van der Waals surface area contributed by atoms with Gasteiger partial charge in [0, 0.05) is 13.1 Å².